The molecule has 0 atom stereocenters. The van der Waals surface area contributed by atoms with Crippen LogP contribution in [0.3, 0.4) is 0 Å². The molecule has 1 aliphatic carbocycles. The molecule has 0 saturated heterocycles. The number of hydrogen-bond donors (Lipinski definition) is 0. The summed E-state index contributed by atoms with van der Waals surface area (Å²) in [6, 6.07) is 10.5. The van der Waals surface area contributed by atoms with Crippen LogP contribution in [-0.4, -0.2) is 0 Å². The second kappa shape index (κ2) is 5.56. The highest BCUT2D eigenvalue weighted by molar-refractivity contribution is 6.30. The molecule has 1 fully saturated rings. The Morgan fingerprint density at radius 2 is 1.88 bits per heavy atom. The summed E-state index contributed by atoms with van der Waals surface area (Å²) in [4.78, 5) is 0. The van der Waals surface area contributed by atoms with E-state index < -0.39 is 0 Å². The molecule has 1 aliphatic rings. The molecular formula is C15H18ClN. The first-order valence-electron chi connectivity index (χ1n) is 6.40. The molecule has 2 rings (SSSR count). The number of nitrogens with zero attached hydrogens (tertiary/aromatic N) is 1. The maximum atomic E-state index is 9.51. The molecule has 1 saturated carbocycles. The fourth-order valence-corrected chi connectivity index (χ4v) is 2.98. The van der Waals surface area contributed by atoms with Gasteiger partial charge in [0.25, 0.3) is 0 Å². The Morgan fingerprint density at radius 1 is 1.18 bits per heavy atom. The topological polar surface area (TPSA) is 23.8 Å². The van der Waals surface area contributed by atoms with Crippen LogP contribution in [0, 0.1) is 16.7 Å². The number of halogens is 1. The first kappa shape index (κ1) is 12.5. The zero-order valence-corrected chi connectivity index (χ0v) is 10.8. The van der Waals surface area contributed by atoms with Gasteiger partial charge in [-0.1, -0.05) is 49.4 Å². The molecule has 1 nitrogen and oxygen atoms in total. The standard InChI is InChI=1S/C15H18ClN/c16-14-7-5-6-13(10-14)11-15(12-17)8-3-1-2-4-9-15/h5-7,10H,1-4,8-9,11H2. The van der Waals surface area contributed by atoms with Crippen molar-refractivity contribution in [2.75, 3.05) is 0 Å². The quantitative estimate of drug-likeness (QED) is 0.692. The highest BCUT2D eigenvalue weighted by Crippen LogP contribution is 2.37. The van der Waals surface area contributed by atoms with Crippen LogP contribution in [0.5, 0.6) is 0 Å². The van der Waals surface area contributed by atoms with Crippen LogP contribution in [0.4, 0.5) is 0 Å². The number of rotatable bonds is 2. The molecule has 0 heterocycles. The highest BCUT2D eigenvalue weighted by Gasteiger charge is 2.31. The van der Waals surface area contributed by atoms with Crippen LogP contribution in [0.1, 0.15) is 44.1 Å². The zero-order valence-electron chi connectivity index (χ0n) is 10.1. The van der Waals surface area contributed by atoms with Gasteiger partial charge in [0.15, 0.2) is 0 Å². The fraction of sp³-hybridized carbons (Fsp3) is 0.533. The van der Waals surface area contributed by atoms with E-state index in [2.05, 4.69) is 12.1 Å². The minimum atomic E-state index is -0.152. The minimum Gasteiger partial charge on any atom is -0.198 e. The second-order valence-electron chi connectivity index (χ2n) is 5.11. The van der Waals surface area contributed by atoms with Crippen LogP contribution >= 0.6 is 11.6 Å². The lowest BCUT2D eigenvalue weighted by Crippen LogP contribution is -2.20. The van der Waals surface area contributed by atoms with Crippen molar-refractivity contribution in [3.8, 4) is 6.07 Å². The summed E-state index contributed by atoms with van der Waals surface area (Å²) in [5, 5.41) is 10.3. The van der Waals surface area contributed by atoms with Gasteiger partial charge in [-0.05, 0) is 37.0 Å². The average Bonchev–Trinajstić information content (AvgIpc) is 2.55. The number of nitriles is 1. The van der Waals surface area contributed by atoms with Crippen molar-refractivity contribution in [1.82, 2.24) is 0 Å². The van der Waals surface area contributed by atoms with E-state index >= 15 is 0 Å². The summed E-state index contributed by atoms with van der Waals surface area (Å²) in [6.07, 6.45) is 7.86. The van der Waals surface area contributed by atoms with Gasteiger partial charge < -0.3 is 0 Å². The molecule has 0 radical (unpaired) electrons. The summed E-state index contributed by atoms with van der Waals surface area (Å²) < 4.78 is 0. The van der Waals surface area contributed by atoms with Gasteiger partial charge in [-0.3, -0.25) is 0 Å². The molecule has 0 aliphatic heterocycles. The molecule has 0 aromatic heterocycles. The Kier molecular flexibility index (Phi) is 4.07. The lowest BCUT2D eigenvalue weighted by atomic mass is 9.77. The van der Waals surface area contributed by atoms with Gasteiger partial charge >= 0.3 is 0 Å². The van der Waals surface area contributed by atoms with E-state index in [9.17, 15) is 5.26 Å². The van der Waals surface area contributed by atoms with Gasteiger partial charge in [0.05, 0.1) is 11.5 Å². The van der Waals surface area contributed by atoms with Crippen molar-refractivity contribution in [3.63, 3.8) is 0 Å². The largest absolute Gasteiger partial charge is 0.198 e. The first-order valence-corrected chi connectivity index (χ1v) is 6.78. The Bertz CT molecular complexity index is 411. The number of benzene rings is 1. The van der Waals surface area contributed by atoms with Crippen molar-refractivity contribution < 1.29 is 0 Å². The van der Waals surface area contributed by atoms with Crippen LogP contribution in [0.25, 0.3) is 0 Å². The summed E-state index contributed by atoms with van der Waals surface area (Å²) in [5.74, 6) is 0. The van der Waals surface area contributed by atoms with E-state index in [4.69, 9.17) is 11.6 Å². The second-order valence-corrected chi connectivity index (χ2v) is 5.55. The molecule has 1 aromatic carbocycles. The van der Waals surface area contributed by atoms with Crippen molar-refractivity contribution in [3.05, 3.63) is 34.9 Å². The molecule has 0 spiro atoms. The Hall–Kier alpha value is -1.00. The van der Waals surface area contributed by atoms with E-state index in [0.717, 1.165) is 24.3 Å². The van der Waals surface area contributed by atoms with E-state index in [0.29, 0.717) is 0 Å². The lowest BCUT2D eigenvalue weighted by molar-refractivity contribution is 0.339. The summed E-state index contributed by atoms with van der Waals surface area (Å²) in [7, 11) is 0. The fourth-order valence-electron chi connectivity index (χ4n) is 2.77. The number of hydrogen-bond acceptors (Lipinski definition) is 1. The van der Waals surface area contributed by atoms with E-state index in [1.165, 1.54) is 31.2 Å². The smallest absolute Gasteiger partial charge is 0.0693 e. The third-order valence-electron chi connectivity index (χ3n) is 3.73. The van der Waals surface area contributed by atoms with E-state index in [-0.39, 0.29) is 5.41 Å². The molecule has 2 heteroatoms. The third kappa shape index (κ3) is 3.23. The average molecular weight is 248 g/mol. The Labute approximate surface area is 108 Å². The molecule has 0 unspecified atom stereocenters. The minimum absolute atomic E-state index is 0.152. The summed E-state index contributed by atoms with van der Waals surface area (Å²) >= 11 is 6.00. The normalized spacial score (nSPS) is 19.3. The first-order chi connectivity index (χ1) is 8.24. The highest BCUT2D eigenvalue weighted by atomic mass is 35.5. The molecule has 1 aromatic rings. The van der Waals surface area contributed by atoms with Gasteiger partial charge in [0.1, 0.15) is 0 Å². The SMILES string of the molecule is N#CC1(Cc2cccc(Cl)c2)CCCCCC1. The molecule has 0 amide bonds. The predicted molar refractivity (Wildman–Crippen MR) is 70.9 cm³/mol. The molecule has 0 bridgehead atoms. The maximum Gasteiger partial charge on any atom is 0.0693 e. The monoisotopic (exact) mass is 247 g/mol. The van der Waals surface area contributed by atoms with Crippen LogP contribution in [-0.2, 0) is 6.42 Å². The molecule has 0 N–H and O–H groups in total. The summed E-state index contributed by atoms with van der Waals surface area (Å²) in [5.41, 5.74) is 1.04. The third-order valence-corrected chi connectivity index (χ3v) is 3.96. The maximum absolute atomic E-state index is 9.51. The van der Waals surface area contributed by atoms with Gasteiger partial charge in [-0.2, -0.15) is 5.26 Å². The van der Waals surface area contributed by atoms with Crippen LogP contribution < -0.4 is 0 Å². The van der Waals surface area contributed by atoms with Crippen molar-refractivity contribution >= 4 is 11.6 Å². The van der Waals surface area contributed by atoms with E-state index in [1.54, 1.807) is 0 Å². The molecule has 90 valence electrons. The van der Waals surface area contributed by atoms with Gasteiger partial charge in [0.2, 0.25) is 0 Å². The van der Waals surface area contributed by atoms with E-state index in [1.807, 2.05) is 18.2 Å². The van der Waals surface area contributed by atoms with Gasteiger partial charge in [0, 0.05) is 5.02 Å². The van der Waals surface area contributed by atoms with Gasteiger partial charge in [-0.15, -0.1) is 0 Å². The van der Waals surface area contributed by atoms with Gasteiger partial charge in [-0.25, -0.2) is 0 Å². The van der Waals surface area contributed by atoms with Crippen LogP contribution in [0.2, 0.25) is 5.02 Å². The van der Waals surface area contributed by atoms with Crippen molar-refractivity contribution in [2.45, 2.75) is 44.9 Å². The van der Waals surface area contributed by atoms with Crippen LogP contribution in [0.15, 0.2) is 24.3 Å². The molecule has 17 heavy (non-hydrogen) atoms. The summed E-state index contributed by atoms with van der Waals surface area (Å²) in [6.45, 7) is 0. The zero-order chi connectivity index (χ0) is 12.1. The lowest BCUT2D eigenvalue weighted by Gasteiger charge is -2.24. The Balaban J connectivity index is 2.16. The van der Waals surface area contributed by atoms with Crippen molar-refractivity contribution in [1.29, 1.82) is 5.26 Å². The predicted octanol–water partition coefficient (Wildman–Crippen LogP) is 4.75. The van der Waals surface area contributed by atoms with Crippen molar-refractivity contribution in [2.24, 2.45) is 5.41 Å². The molecular weight excluding hydrogens is 230 g/mol. The Morgan fingerprint density at radius 3 is 2.47 bits per heavy atom.